The van der Waals surface area contributed by atoms with Gasteiger partial charge in [-0.3, -0.25) is 4.79 Å². The summed E-state index contributed by atoms with van der Waals surface area (Å²) in [5.74, 6) is 0.470. The van der Waals surface area contributed by atoms with Crippen LogP contribution in [0.3, 0.4) is 0 Å². The van der Waals surface area contributed by atoms with E-state index in [0.29, 0.717) is 12.4 Å². The number of carboxylic acids is 1. The molecular formula is C19H21N3O3. The molecule has 0 fully saturated rings. The third-order valence-electron chi connectivity index (χ3n) is 3.85. The minimum atomic E-state index is -0.900. The quantitative estimate of drug-likeness (QED) is 0.717. The summed E-state index contributed by atoms with van der Waals surface area (Å²) in [6, 6.07) is 15.1. The number of aromatic nitrogens is 2. The molecule has 130 valence electrons. The Bertz CT molecular complexity index is 887. The van der Waals surface area contributed by atoms with Crippen LogP contribution < -0.4 is 4.74 Å². The van der Waals surface area contributed by atoms with Crippen molar-refractivity contribution in [2.45, 2.75) is 6.54 Å². The van der Waals surface area contributed by atoms with Gasteiger partial charge >= 0.3 is 5.97 Å². The van der Waals surface area contributed by atoms with Crippen LogP contribution in [0, 0.1) is 0 Å². The van der Waals surface area contributed by atoms with E-state index in [1.54, 1.807) is 4.57 Å². The van der Waals surface area contributed by atoms with Crippen LogP contribution in [0.2, 0.25) is 0 Å². The molecule has 0 amide bonds. The summed E-state index contributed by atoms with van der Waals surface area (Å²) in [6.07, 6.45) is 0. The molecule has 3 rings (SSSR count). The molecular weight excluding hydrogens is 318 g/mol. The van der Waals surface area contributed by atoms with E-state index >= 15 is 0 Å². The second-order valence-electron chi connectivity index (χ2n) is 6.08. The monoisotopic (exact) mass is 339 g/mol. The van der Waals surface area contributed by atoms with Crippen molar-refractivity contribution in [3.63, 3.8) is 0 Å². The van der Waals surface area contributed by atoms with E-state index in [1.165, 1.54) is 0 Å². The molecule has 1 heterocycles. The van der Waals surface area contributed by atoms with Gasteiger partial charge in [0.15, 0.2) is 0 Å². The van der Waals surface area contributed by atoms with Crippen LogP contribution in [0.15, 0.2) is 48.5 Å². The number of carbonyl (C=O) groups is 1. The number of carboxylic acid groups (broad SMARTS) is 1. The number of para-hydroxylation sites is 2. The number of hydrogen-bond donors (Lipinski definition) is 1. The van der Waals surface area contributed by atoms with Gasteiger partial charge in [-0.2, -0.15) is 0 Å². The Balaban J connectivity index is 1.97. The van der Waals surface area contributed by atoms with Crippen molar-refractivity contribution < 1.29 is 14.6 Å². The van der Waals surface area contributed by atoms with Crippen molar-refractivity contribution in [2.24, 2.45) is 0 Å². The lowest BCUT2D eigenvalue weighted by Gasteiger charge is -2.12. The van der Waals surface area contributed by atoms with Crippen molar-refractivity contribution >= 4 is 17.0 Å². The first-order valence-electron chi connectivity index (χ1n) is 8.09. The number of benzene rings is 2. The first kappa shape index (κ1) is 17.0. The Hall–Kier alpha value is -2.86. The molecule has 0 aliphatic rings. The second-order valence-corrected chi connectivity index (χ2v) is 6.08. The first-order valence-corrected chi connectivity index (χ1v) is 8.09. The van der Waals surface area contributed by atoms with Gasteiger partial charge < -0.3 is 19.3 Å². The standard InChI is InChI=1S/C19H21N3O3/c1-21(2)10-11-25-15-7-5-6-14(12-15)19-20-16-8-3-4-9-17(16)22(19)13-18(23)24/h3-9,12H,10-11,13H2,1-2H3,(H,23,24). The molecule has 0 spiro atoms. The van der Waals surface area contributed by atoms with Crippen LogP contribution in [0.4, 0.5) is 0 Å². The van der Waals surface area contributed by atoms with E-state index in [2.05, 4.69) is 9.88 Å². The SMILES string of the molecule is CN(C)CCOc1cccc(-c2nc3ccccc3n2CC(=O)O)c1. The van der Waals surface area contributed by atoms with E-state index in [1.807, 2.05) is 62.6 Å². The van der Waals surface area contributed by atoms with Gasteiger partial charge in [0.2, 0.25) is 0 Å². The minimum Gasteiger partial charge on any atom is -0.492 e. The lowest BCUT2D eigenvalue weighted by atomic mass is 10.2. The number of rotatable bonds is 7. The molecule has 6 heteroatoms. The van der Waals surface area contributed by atoms with Gasteiger partial charge in [-0.1, -0.05) is 24.3 Å². The molecule has 0 atom stereocenters. The average molecular weight is 339 g/mol. The summed E-state index contributed by atoms with van der Waals surface area (Å²) in [5, 5.41) is 9.26. The molecule has 0 unspecified atom stereocenters. The fourth-order valence-corrected chi connectivity index (χ4v) is 2.66. The summed E-state index contributed by atoms with van der Waals surface area (Å²) in [4.78, 5) is 18.0. The Labute approximate surface area is 146 Å². The second kappa shape index (κ2) is 7.36. The Morgan fingerprint density at radius 2 is 2.00 bits per heavy atom. The molecule has 3 aromatic rings. The van der Waals surface area contributed by atoms with Gasteiger partial charge in [-0.25, -0.2) is 4.98 Å². The zero-order valence-corrected chi connectivity index (χ0v) is 14.3. The minimum absolute atomic E-state index is 0.137. The molecule has 0 saturated carbocycles. The normalized spacial score (nSPS) is 11.2. The number of hydrogen-bond acceptors (Lipinski definition) is 4. The van der Waals surface area contributed by atoms with Crippen molar-refractivity contribution in [1.82, 2.24) is 14.5 Å². The maximum atomic E-state index is 11.3. The molecule has 0 bridgehead atoms. The van der Waals surface area contributed by atoms with Crippen molar-refractivity contribution in [2.75, 3.05) is 27.2 Å². The summed E-state index contributed by atoms with van der Waals surface area (Å²) in [5.41, 5.74) is 2.41. The molecule has 25 heavy (non-hydrogen) atoms. The van der Waals surface area contributed by atoms with Crippen molar-refractivity contribution in [3.05, 3.63) is 48.5 Å². The van der Waals surface area contributed by atoms with Crippen molar-refractivity contribution in [3.8, 4) is 17.1 Å². The smallest absolute Gasteiger partial charge is 0.323 e. The Kier molecular flexibility index (Phi) is 5.00. The lowest BCUT2D eigenvalue weighted by molar-refractivity contribution is -0.137. The first-order chi connectivity index (χ1) is 12.0. The average Bonchev–Trinajstić information content (AvgIpc) is 2.93. The van der Waals surface area contributed by atoms with Gasteiger partial charge in [-0.05, 0) is 38.4 Å². The van der Waals surface area contributed by atoms with Crippen LogP contribution in [-0.2, 0) is 11.3 Å². The van der Waals surface area contributed by atoms with E-state index in [4.69, 9.17) is 4.74 Å². The van der Waals surface area contributed by atoms with Crippen LogP contribution in [0.1, 0.15) is 0 Å². The fourth-order valence-electron chi connectivity index (χ4n) is 2.66. The largest absolute Gasteiger partial charge is 0.492 e. The number of ether oxygens (including phenoxy) is 1. The Morgan fingerprint density at radius 3 is 2.76 bits per heavy atom. The zero-order chi connectivity index (χ0) is 17.8. The molecule has 0 aliphatic heterocycles. The van der Waals surface area contributed by atoms with E-state index < -0.39 is 5.97 Å². The van der Waals surface area contributed by atoms with Gasteiger partial charge in [0.05, 0.1) is 11.0 Å². The number of imidazole rings is 1. The summed E-state index contributed by atoms with van der Waals surface area (Å²) < 4.78 is 7.50. The van der Waals surface area contributed by atoms with E-state index in [9.17, 15) is 9.90 Å². The number of likely N-dealkylation sites (N-methyl/N-ethyl adjacent to an activating group) is 1. The highest BCUT2D eigenvalue weighted by Gasteiger charge is 2.15. The highest BCUT2D eigenvalue weighted by molar-refractivity contribution is 5.83. The van der Waals surface area contributed by atoms with E-state index in [-0.39, 0.29) is 6.54 Å². The molecule has 6 nitrogen and oxygen atoms in total. The van der Waals surface area contributed by atoms with Crippen LogP contribution in [-0.4, -0.2) is 52.8 Å². The van der Waals surface area contributed by atoms with Crippen LogP contribution in [0.5, 0.6) is 5.75 Å². The third-order valence-corrected chi connectivity index (χ3v) is 3.85. The Morgan fingerprint density at radius 1 is 1.20 bits per heavy atom. The molecule has 0 saturated heterocycles. The molecule has 2 aromatic carbocycles. The highest BCUT2D eigenvalue weighted by atomic mass is 16.5. The van der Waals surface area contributed by atoms with Gasteiger partial charge in [-0.15, -0.1) is 0 Å². The maximum Gasteiger partial charge on any atom is 0.323 e. The highest BCUT2D eigenvalue weighted by Crippen LogP contribution is 2.27. The number of fused-ring (bicyclic) bond motifs is 1. The molecule has 0 radical (unpaired) electrons. The summed E-state index contributed by atoms with van der Waals surface area (Å²) in [7, 11) is 3.99. The predicted molar refractivity (Wildman–Crippen MR) is 96.9 cm³/mol. The fraction of sp³-hybridized carbons (Fsp3) is 0.263. The van der Waals surface area contributed by atoms with Gasteiger partial charge in [0, 0.05) is 12.1 Å². The van der Waals surface area contributed by atoms with Crippen LogP contribution >= 0.6 is 0 Å². The summed E-state index contributed by atoms with van der Waals surface area (Å²) >= 11 is 0. The van der Waals surface area contributed by atoms with Crippen molar-refractivity contribution in [1.29, 1.82) is 0 Å². The predicted octanol–water partition coefficient (Wildman–Crippen LogP) is 2.73. The number of nitrogens with zero attached hydrogens (tertiary/aromatic N) is 3. The summed E-state index contributed by atoms with van der Waals surface area (Å²) in [6.45, 7) is 1.27. The molecule has 1 N–H and O–H groups in total. The lowest BCUT2D eigenvalue weighted by Crippen LogP contribution is -2.19. The maximum absolute atomic E-state index is 11.3. The van der Waals surface area contributed by atoms with Gasteiger partial charge in [0.25, 0.3) is 0 Å². The molecule has 1 aromatic heterocycles. The molecule has 0 aliphatic carbocycles. The van der Waals surface area contributed by atoms with Crippen LogP contribution in [0.25, 0.3) is 22.4 Å². The van der Waals surface area contributed by atoms with Gasteiger partial charge in [0.1, 0.15) is 24.7 Å². The number of aliphatic carboxylic acids is 1. The zero-order valence-electron chi connectivity index (χ0n) is 14.3. The third kappa shape index (κ3) is 3.97. The topological polar surface area (TPSA) is 67.6 Å². The van der Waals surface area contributed by atoms with E-state index in [0.717, 1.165) is 28.9 Å².